The van der Waals surface area contributed by atoms with E-state index in [4.69, 9.17) is 21.9 Å². The lowest BCUT2D eigenvalue weighted by molar-refractivity contribution is -0.115. The van der Waals surface area contributed by atoms with Crippen LogP contribution in [0.25, 0.3) is 22.6 Å². The Morgan fingerprint density at radius 1 is 1.23 bits per heavy atom. The van der Waals surface area contributed by atoms with Crippen LogP contribution in [0.15, 0.2) is 59.3 Å². The summed E-state index contributed by atoms with van der Waals surface area (Å²) in [4.78, 5) is 21.1. The highest BCUT2D eigenvalue weighted by atomic mass is 35.5. The first-order valence-corrected chi connectivity index (χ1v) is 9.68. The first-order chi connectivity index (χ1) is 14.9. The standard InChI is InChI=1S/C22H17ClFN5O2/c1-12-10-14(6-7-16(12)24)20-19(21-26-9-8-17(25)27-21)22(31-29-20)28-18(30)11-13-4-2-3-5-15(13)23/h2-10H,11H2,1H3,(H,28,30)(H2,25,26,27). The van der Waals surface area contributed by atoms with Gasteiger partial charge in [-0.3, -0.25) is 10.1 Å². The number of nitrogen functional groups attached to an aromatic ring is 1. The minimum absolute atomic E-state index is 0.0303. The number of aryl methyl sites for hydroxylation is 1. The fraction of sp³-hybridized carbons (Fsp3) is 0.0909. The van der Waals surface area contributed by atoms with Crippen LogP contribution in [0.5, 0.6) is 0 Å². The molecule has 2 heterocycles. The van der Waals surface area contributed by atoms with Crippen LogP contribution in [0.4, 0.5) is 16.1 Å². The maximum absolute atomic E-state index is 13.8. The summed E-state index contributed by atoms with van der Waals surface area (Å²) in [5.74, 6) is -0.204. The number of hydrogen-bond acceptors (Lipinski definition) is 6. The number of carbonyl (C=O) groups excluding carboxylic acids is 1. The summed E-state index contributed by atoms with van der Waals surface area (Å²) in [5.41, 5.74) is 8.18. The van der Waals surface area contributed by atoms with Gasteiger partial charge in [0.1, 0.15) is 22.9 Å². The molecule has 31 heavy (non-hydrogen) atoms. The molecular formula is C22H17ClFN5O2. The molecule has 2 aromatic carbocycles. The number of halogens is 2. The molecule has 4 aromatic rings. The molecule has 0 radical (unpaired) electrons. The van der Waals surface area contributed by atoms with Crippen molar-refractivity contribution in [1.29, 1.82) is 0 Å². The van der Waals surface area contributed by atoms with Crippen LogP contribution < -0.4 is 11.1 Å². The molecular weight excluding hydrogens is 421 g/mol. The normalized spacial score (nSPS) is 10.8. The summed E-state index contributed by atoms with van der Waals surface area (Å²) in [5, 5.41) is 7.26. The van der Waals surface area contributed by atoms with Crippen LogP contribution >= 0.6 is 11.6 Å². The zero-order valence-electron chi connectivity index (χ0n) is 16.4. The van der Waals surface area contributed by atoms with Gasteiger partial charge in [-0.2, -0.15) is 0 Å². The minimum atomic E-state index is -0.365. The van der Waals surface area contributed by atoms with Crippen molar-refractivity contribution in [2.75, 3.05) is 11.1 Å². The Bertz CT molecular complexity index is 1270. The largest absolute Gasteiger partial charge is 0.384 e. The van der Waals surface area contributed by atoms with E-state index in [2.05, 4.69) is 20.4 Å². The third kappa shape index (κ3) is 4.39. The molecule has 0 aliphatic carbocycles. The third-order valence-electron chi connectivity index (χ3n) is 4.59. The van der Waals surface area contributed by atoms with Crippen molar-refractivity contribution in [3.63, 3.8) is 0 Å². The van der Waals surface area contributed by atoms with Crippen molar-refractivity contribution in [2.24, 2.45) is 0 Å². The second-order valence-corrected chi connectivity index (χ2v) is 7.23. The van der Waals surface area contributed by atoms with Crippen LogP contribution in [0, 0.1) is 12.7 Å². The van der Waals surface area contributed by atoms with E-state index in [-0.39, 0.29) is 35.7 Å². The minimum Gasteiger partial charge on any atom is -0.384 e. The Morgan fingerprint density at radius 2 is 2.03 bits per heavy atom. The topological polar surface area (TPSA) is 107 Å². The quantitative estimate of drug-likeness (QED) is 0.470. The van der Waals surface area contributed by atoms with Crippen molar-refractivity contribution in [2.45, 2.75) is 13.3 Å². The summed E-state index contributed by atoms with van der Waals surface area (Å²) in [6, 6.07) is 13.1. The van der Waals surface area contributed by atoms with Gasteiger partial charge in [0, 0.05) is 16.8 Å². The predicted octanol–water partition coefficient (Wildman–Crippen LogP) is 4.66. The molecule has 0 atom stereocenters. The molecule has 0 spiro atoms. The number of nitrogens with one attached hydrogen (secondary N) is 1. The fourth-order valence-electron chi connectivity index (χ4n) is 3.05. The average Bonchev–Trinajstić information content (AvgIpc) is 3.15. The zero-order valence-corrected chi connectivity index (χ0v) is 17.2. The maximum Gasteiger partial charge on any atom is 0.243 e. The van der Waals surface area contributed by atoms with Gasteiger partial charge < -0.3 is 10.3 Å². The molecule has 1 amide bonds. The van der Waals surface area contributed by atoms with Crippen molar-refractivity contribution in [3.8, 4) is 22.6 Å². The number of aromatic nitrogens is 3. The second-order valence-electron chi connectivity index (χ2n) is 6.82. The van der Waals surface area contributed by atoms with Crippen LogP contribution in [0.1, 0.15) is 11.1 Å². The van der Waals surface area contributed by atoms with Gasteiger partial charge in [-0.15, -0.1) is 0 Å². The smallest absolute Gasteiger partial charge is 0.243 e. The summed E-state index contributed by atoms with van der Waals surface area (Å²) in [6.07, 6.45) is 1.52. The van der Waals surface area contributed by atoms with E-state index in [0.717, 1.165) is 0 Å². The molecule has 4 rings (SSSR count). The molecule has 0 saturated carbocycles. The van der Waals surface area contributed by atoms with Crippen molar-refractivity contribution in [3.05, 3.63) is 76.7 Å². The molecule has 9 heteroatoms. The van der Waals surface area contributed by atoms with Gasteiger partial charge in [0.05, 0.1) is 6.42 Å². The monoisotopic (exact) mass is 437 g/mol. The molecule has 0 aliphatic heterocycles. The number of nitrogens with zero attached hydrogens (tertiary/aromatic N) is 3. The van der Waals surface area contributed by atoms with Gasteiger partial charge >= 0.3 is 0 Å². The van der Waals surface area contributed by atoms with Gasteiger partial charge in [-0.25, -0.2) is 14.4 Å². The van der Waals surface area contributed by atoms with Gasteiger partial charge in [0.15, 0.2) is 5.82 Å². The molecule has 0 bridgehead atoms. The Morgan fingerprint density at radius 3 is 2.77 bits per heavy atom. The Labute approximate surface area is 182 Å². The average molecular weight is 438 g/mol. The lowest BCUT2D eigenvalue weighted by Gasteiger charge is -2.07. The van der Waals surface area contributed by atoms with E-state index >= 15 is 0 Å². The third-order valence-corrected chi connectivity index (χ3v) is 4.95. The van der Waals surface area contributed by atoms with E-state index in [1.54, 1.807) is 43.3 Å². The van der Waals surface area contributed by atoms with E-state index < -0.39 is 0 Å². The molecule has 156 valence electrons. The van der Waals surface area contributed by atoms with Crippen LogP contribution in [-0.4, -0.2) is 21.0 Å². The Kier molecular flexibility index (Phi) is 5.64. The number of amides is 1. The molecule has 0 saturated heterocycles. The number of hydrogen-bond donors (Lipinski definition) is 2. The molecule has 0 unspecified atom stereocenters. The van der Waals surface area contributed by atoms with Crippen LogP contribution in [0.2, 0.25) is 5.02 Å². The van der Waals surface area contributed by atoms with Gasteiger partial charge in [-0.1, -0.05) is 35.0 Å². The lowest BCUT2D eigenvalue weighted by atomic mass is 10.0. The van der Waals surface area contributed by atoms with E-state index in [9.17, 15) is 9.18 Å². The highest BCUT2D eigenvalue weighted by molar-refractivity contribution is 6.31. The van der Waals surface area contributed by atoms with Crippen LogP contribution in [-0.2, 0) is 11.2 Å². The van der Waals surface area contributed by atoms with Crippen molar-refractivity contribution in [1.82, 2.24) is 15.1 Å². The van der Waals surface area contributed by atoms with E-state index in [1.165, 1.54) is 18.3 Å². The van der Waals surface area contributed by atoms with Crippen molar-refractivity contribution >= 4 is 29.2 Å². The summed E-state index contributed by atoms with van der Waals surface area (Å²) in [7, 11) is 0. The molecule has 3 N–H and O–H groups in total. The first kappa shape index (κ1) is 20.5. The maximum atomic E-state index is 13.8. The molecule has 0 fully saturated rings. The fourth-order valence-corrected chi connectivity index (χ4v) is 3.25. The highest BCUT2D eigenvalue weighted by Crippen LogP contribution is 2.36. The molecule has 2 aromatic heterocycles. The van der Waals surface area contributed by atoms with Crippen LogP contribution in [0.3, 0.4) is 0 Å². The SMILES string of the molecule is Cc1cc(-c2noc(NC(=O)Cc3ccccc3Cl)c2-c2nccc(N)n2)ccc1F. The number of rotatable bonds is 5. The number of carbonyl (C=O) groups is 1. The summed E-state index contributed by atoms with van der Waals surface area (Å²) < 4.78 is 19.2. The predicted molar refractivity (Wildman–Crippen MR) is 116 cm³/mol. The summed E-state index contributed by atoms with van der Waals surface area (Å²) in [6.45, 7) is 1.64. The second kappa shape index (κ2) is 8.53. The number of benzene rings is 2. The van der Waals surface area contributed by atoms with E-state index in [0.29, 0.717) is 33.0 Å². The zero-order chi connectivity index (χ0) is 22.0. The van der Waals surface area contributed by atoms with Gasteiger partial charge in [0.2, 0.25) is 11.8 Å². The number of nitrogens with two attached hydrogens (primary N) is 1. The first-order valence-electron chi connectivity index (χ1n) is 9.30. The van der Waals surface area contributed by atoms with Crippen molar-refractivity contribution < 1.29 is 13.7 Å². The Hall–Kier alpha value is -3.78. The number of anilines is 2. The Balaban J connectivity index is 1.74. The van der Waals surface area contributed by atoms with Gasteiger partial charge in [0.25, 0.3) is 0 Å². The molecule has 0 aliphatic rings. The van der Waals surface area contributed by atoms with E-state index in [1.807, 2.05) is 0 Å². The lowest BCUT2D eigenvalue weighted by Crippen LogP contribution is -2.15. The summed E-state index contributed by atoms with van der Waals surface area (Å²) >= 11 is 6.15. The van der Waals surface area contributed by atoms with Gasteiger partial charge in [-0.05, 0) is 48.4 Å². The molecule has 7 nitrogen and oxygen atoms in total. The highest BCUT2D eigenvalue weighted by Gasteiger charge is 2.24.